The number of aliphatic hydroxyl groups is 3. The van der Waals surface area contributed by atoms with Gasteiger partial charge in [0.1, 0.15) is 22.8 Å². The van der Waals surface area contributed by atoms with Crippen molar-refractivity contribution in [3.63, 3.8) is 0 Å². The third-order valence-corrected chi connectivity index (χ3v) is 8.74. The second-order valence-electron chi connectivity index (χ2n) is 11.7. The van der Waals surface area contributed by atoms with Gasteiger partial charge in [-0.25, -0.2) is 4.98 Å². The van der Waals surface area contributed by atoms with Crippen LogP contribution in [0.15, 0.2) is 47.1 Å². The maximum absolute atomic E-state index is 14.1. The van der Waals surface area contributed by atoms with Crippen LogP contribution in [0.4, 0.5) is 17.6 Å². The average molecular weight is 635 g/mol. The number of fused-ring (bicyclic) bond motifs is 3. The second-order valence-corrected chi connectivity index (χ2v) is 11.7. The van der Waals surface area contributed by atoms with Crippen molar-refractivity contribution >= 4 is 17.5 Å². The van der Waals surface area contributed by atoms with E-state index in [1.807, 2.05) is 0 Å². The SMILES string of the molecule is CN(C)[C@@H]1C(O)=C(C(N)=O)C(=O)[C@@]2(O)C(O)=C3C(=O)c4c(O)c(CNCCC(F)(F)F)cc(-c5ccc(F)nc5)c4C[C@H]3C[C@@H]12. The van der Waals surface area contributed by atoms with E-state index in [1.165, 1.54) is 37.3 Å². The van der Waals surface area contributed by atoms with E-state index in [9.17, 15) is 52.4 Å². The summed E-state index contributed by atoms with van der Waals surface area (Å²) in [5.74, 6) is -8.95. The molecule has 11 nitrogen and oxygen atoms in total. The molecule has 15 heteroatoms. The van der Waals surface area contributed by atoms with Crippen LogP contribution in [0.2, 0.25) is 0 Å². The van der Waals surface area contributed by atoms with Crippen molar-refractivity contribution in [2.45, 2.75) is 43.6 Å². The number of amides is 1. The van der Waals surface area contributed by atoms with E-state index < -0.39 is 94.5 Å². The van der Waals surface area contributed by atoms with Crippen molar-refractivity contribution in [1.82, 2.24) is 15.2 Å². The molecule has 3 aliphatic rings. The summed E-state index contributed by atoms with van der Waals surface area (Å²) >= 11 is 0. The number of nitrogens with zero attached hydrogens (tertiary/aromatic N) is 2. The monoisotopic (exact) mass is 634 g/mol. The summed E-state index contributed by atoms with van der Waals surface area (Å²) in [7, 11) is 3.02. The second kappa shape index (κ2) is 11.2. The molecule has 0 unspecified atom stereocenters. The number of halogens is 4. The number of carbonyl (C=O) groups excluding carboxylic acids is 3. The molecule has 4 atom stereocenters. The van der Waals surface area contributed by atoms with Gasteiger partial charge in [0.05, 0.1) is 18.0 Å². The number of benzene rings is 1. The van der Waals surface area contributed by atoms with Crippen LogP contribution < -0.4 is 11.1 Å². The molecule has 0 bridgehead atoms. The van der Waals surface area contributed by atoms with Gasteiger partial charge in [0.25, 0.3) is 5.91 Å². The molecule has 5 rings (SSSR count). The molecule has 1 aromatic heterocycles. The summed E-state index contributed by atoms with van der Waals surface area (Å²) in [4.78, 5) is 44.9. The largest absolute Gasteiger partial charge is 0.510 e. The highest BCUT2D eigenvalue weighted by Gasteiger charge is 2.63. The number of aromatic hydroxyl groups is 1. The Morgan fingerprint density at radius 2 is 1.89 bits per heavy atom. The molecule has 1 amide bonds. The molecule has 2 aromatic rings. The number of pyridine rings is 1. The number of phenolic OH excluding ortho intramolecular Hbond substituents is 1. The van der Waals surface area contributed by atoms with Crippen LogP contribution in [0.1, 0.15) is 34.3 Å². The summed E-state index contributed by atoms with van der Waals surface area (Å²) < 4.78 is 51.8. The van der Waals surface area contributed by atoms with Gasteiger partial charge in [0.15, 0.2) is 11.4 Å². The minimum absolute atomic E-state index is 0.0137. The number of nitrogens with two attached hydrogens (primary N) is 1. The first-order valence-electron chi connectivity index (χ1n) is 13.9. The molecule has 0 radical (unpaired) electrons. The predicted octanol–water partition coefficient (Wildman–Crippen LogP) is 2.36. The molecule has 7 N–H and O–H groups in total. The molecule has 0 fully saturated rings. The molecule has 45 heavy (non-hydrogen) atoms. The number of alkyl halides is 3. The van der Waals surface area contributed by atoms with E-state index in [2.05, 4.69) is 10.3 Å². The van der Waals surface area contributed by atoms with Gasteiger partial charge < -0.3 is 31.5 Å². The van der Waals surface area contributed by atoms with Gasteiger partial charge in [-0.15, -0.1) is 0 Å². The van der Waals surface area contributed by atoms with E-state index in [-0.39, 0.29) is 36.1 Å². The number of carbonyl (C=O) groups is 3. The third kappa shape index (κ3) is 5.23. The number of Topliss-reactive ketones (excluding diaryl/α,β-unsaturated/α-hetero) is 2. The fraction of sp³-hybridized carbons (Fsp3) is 0.400. The van der Waals surface area contributed by atoms with Crippen LogP contribution in [0, 0.1) is 17.8 Å². The van der Waals surface area contributed by atoms with Crippen molar-refractivity contribution < 1.29 is 52.4 Å². The van der Waals surface area contributed by atoms with E-state index >= 15 is 0 Å². The zero-order valence-corrected chi connectivity index (χ0v) is 24.1. The first-order valence-corrected chi connectivity index (χ1v) is 13.9. The number of ketones is 2. The number of rotatable bonds is 7. The first kappa shape index (κ1) is 32.1. The molecular weight excluding hydrogens is 604 g/mol. The number of phenols is 1. The Morgan fingerprint density at radius 3 is 2.47 bits per heavy atom. The van der Waals surface area contributed by atoms with Crippen LogP contribution in [-0.2, 0) is 22.6 Å². The lowest BCUT2D eigenvalue weighted by molar-refractivity contribution is -0.148. The predicted molar refractivity (Wildman–Crippen MR) is 149 cm³/mol. The molecule has 1 aromatic carbocycles. The van der Waals surface area contributed by atoms with Crippen LogP contribution >= 0.6 is 0 Å². The highest BCUT2D eigenvalue weighted by Crippen LogP contribution is 2.53. The first-order chi connectivity index (χ1) is 21.0. The lowest BCUT2D eigenvalue weighted by Gasteiger charge is -2.50. The van der Waals surface area contributed by atoms with Crippen molar-refractivity contribution in [1.29, 1.82) is 0 Å². The molecule has 0 spiro atoms. The standard InChI is InChI=1S/C30H30F4N4O7/c1-38(2)22-17-9-13-7-16-15(12-3-4-18(31)37-11-12)8-14(10-36-6-5-29(32,33)34)23(39)20(16)24(40)19(13)26(42)30(17,45)27(43)21(25(22)41)28(35)44/h3-4,8,11,13,17,22,36,39,41-42,45H,5-7,9-10H2,1-2H3,(H2,35,44)/t13-,17-,22-,30-/m0/s1. The number of allylic oxidation sites excluding steroid dienone is 1. The number of aliphatic hydroxyl groups excluding tert-OH is 2. The Bertz CT molecular complexity index is 1670. The van der Waals surface area contributed by atoms with Gasteiger partial charge >= 0.3 is 6.18 Å². The summed E-state index contributed by atoms with van der Waals surface area (Å²) in [6.07, 6.45) is -4.60. The molecule has 0 aliphatic heterocycles. The maximum atomic E-state index is 14.1. The van der Waals surface area contributed by atoms with Crippen LogP contribution in [0.3, 0.4) is 0 Å². The number of primary amides is 1. The Hall–Kier alpha value is -4.34. The zero-order valence-electron chi connectivity index (χ0n) is 24.1. The zero-order chi connectivity index (χ0) is 33.2. The number of aromatic nitrogens is 1. The highest BCUT2D eigenvalue weighted by atomic mass is 19.4. The molecule has 0 saturated heterocycles. The van der Waals surface area contributed by atoms with Gasteiger partial charge in [-0.2, -0.15) is 17.6 Å². The maximum Gasteiger partial charge on any atom is 0.390 e. The van der Waals surface area contributed by atoms with Crippen molar-refractivity contribution in [3.8, 4) is 16.9 Å². The van der Waals surface area contributed by atoms with E-state index in [4.69, 9.17) is 5.73 Å². The van der Waals surface area contributed by atoms with E-state index in [0.717, 1.165) is 6.07 Å². The van der Waals surface area contributed by atoms with Crippen LogP contribution in [0.5, 0.6) is 5.75 Å². The Morgan fingerprint density at radius 1 is 1.20 bits per heavy atom. The molecule has 1 heterocycles. The summed E-state index contributed by atoms with van der Waals surface area (Å²) in [6.45, 7) is -0.804. The van der Waals surface area contributed by atoms with Gasteiger partial charge in [-0.1, -0.05) is 0 Å². The van der Waals surface area contributed by atoms with Crippen molar-refractivity contribution in [2.75, 3.05) is 20.6 Å². The molecule has 0 saturated carbocycles. The Balaban J connectivity index is 1.68. The number of hydrogen-bond donors (Lipinski definition) is 6. The van der Waals surface area contributed by atoms with Crippen molar-refractivity contribution in [2.24, 2.45) is 17.6 Å². The minimum Gasteiger partial charge on any atom is -0.510 e. The average Bonchev–Trinajstić information content (AvgIpc) is 2.93. The third-order valence-electron chi connectivity index (χ3n) is 8.74. The van der Waals surface area contributed by atoms with Gasteiger partial charge in [-0.3, -0.25) is 19.3 Å². The summed E-state index contributed by atoms with van der Waals surface area (Å²) in [5.41, 5.74) is 1.77. The van der Waals surface area contributed by atoms with E-state index in [1.54, 1.807) is 0 Å². The molecule has 3 aliphatic carbocycles. The van der Waals surface area contributed by atoms with E-state index in [0.29, 0.717) is 11.1 Å². The summed E-state index contributed by atoms with van der Waals surface area (Å²) in [5, 5.41) is 48.0. The Labute approximate surface area is 253 Å². The number of nitrogens with one attached hydrogen (secondary N) is 1. The minimum atomic E-state index is -4.44. The molecule has 240 valence electrons. The van der Waals surface area contributed by atoms with Gasteiger partial charge in [0, 0.05) is 41.9 Å². The normalized spacial score (nSPS) is 24.9. The lowest BCUT2D eigenvalue weighted by Crippen LogP contribution is -2.63. The van der Waals surface area contributed by atoms with Gasteiger partial charge in [0.2, 0.25) is 11.7 Å². The number of hydrogen-bond acceptors (Lipinski definition) is 10. The van der Waals surface area contributed by atoms with Gasteiger partial charge in [-0.05, 0) is 62.2 Å². The molecular formula is C30H30F4N4O7. The highest BCUT2D eigenvalue weighted by molar-refractivity contribution is 6.25. The smallest absolute Gasteiger partial charge is 0.390 e. The van der Waals surface area contributed by atoms with Crippen LogP contribution in [0.25, 0.3) is 11.1 Å². The fourth-order valence-electron chi connectivity index (χ4n) is 6.75. The number of likely N-dealkylation sites (N-methyl/N-ethyl adjacent to an activating group) is 1. The van der Waals surface area contributed by atoms with Crippen LogP contribution in [-0.4, -0.2) is 86.2 Å². The van der Waals surface area contributed by atoms with Crippen molar-refractivity contribution in [3.05, 3.63) is 69.7 Å². The fourth-order valence-corrected chi connectivity index (χ4v) is 6.75. The quantitative estimate of drug-likeness (QED) is 0.114. The topological polar surface area (TPSA) is 186 Å². The summed E-state index contributed by atoms with van der Waals surface area (Å²) in [6, 6.07) is 2.72. The lowest BCUT2D eigenvalue weighted by atomic mass is 9.58. The Kier molecular flexibility index (Phi) is 8.00.